The van der Waals surface area contributed by atoms with Gasteiger partial charge in [-0.3, -0.25) is 0 Å². The molecule has 0 aromatic heterocycles. The number of hydrogen-bond donors (Lipinski definition) is 0. The Labute approximate surface area is 45.0 Å². The first-order valence-electron chi connectivity index (χ1n) is 2.30. The third kappa shape index (κ3) is 3.53. The van der Waals surface area contributed by atoms with Crippen molar-refractivity contribution in [3.05, 3.63) is 18.8 Å². The minimum Gasteiger partial charge on any atom is -0.375 e. The molecule has 1 radical (unpaired) electrons. The zero-order valence-corrected chi connectivity index (χ0v) is 4.90. The maximum atomic E-state index is 4.58. The van der Waals surface area contributed by atoms with E-state index >= 15 is 0 Å². The molecule has 0 rings (SSSR count). The van der Waals surface area contributed by atoms with Gasteiger partial charge in [0.15, 0.2) is 0 Å². The SMILES string of the molecule is [CH2]OC/C(C)=C/C. The average Bonchev–Trinajstić information content (AvgIpc) is 1.68. The lowest BCUT2D eigenvalue weighted by atomic mass is 10.3. The van der Waals surface area contributed by atoms with Gasteiger partial charge in [-0.2, -0.15) is 0 Å². The lowest BCUT2D eigenvalue weighted by Gasteiger charge is -1.92. The van der Waals surface area contributed by atoms with E-state index in [1.54, 1.807) is 0 Å². The fraction of sp³-hybridized carbons (Fsp3) is 0.500. The molecule has 0 saturated carbocycles. The van der Waals surface area contributed by atoms with Crippen LogP contribution in [0.5, 0.6) is 0 Å². The van der Waals surface area contributed by atoms with E-state index in [9.17, 15) is 0 Å². The predicted molar refractivity (Wildman–Crippen MR) is 30.7 cm³/mol. The van der Waals surface area contributed by atoms with Crippen LogP contribution in [-0.2, 0) is 4.74 Å². The van der Waals surface area contributed by atoms with Crippen LogP contribution >= 0.6 is 0 Å². The fourth-order valence-electron chi connectivity index (χ4n) is 0.244. The number of rotatable bonds is 2. The van der Waals surface area contributed by atoms with Crippen molar-refractivity contribution in [2.24, 2.45) is 0 Å². The monoisotopic (exact) mass is 99.1 g/mol. The Hall–Kier alpha value is -0.300. The highest BCUT2D eigenvalue weighted by molar-refractivity contribution is 4.95. The van der Waals surface area contributed by atoms with Gasteiger partial charge >= 0.3 is 0 Å². The quantitative estimate of drug-likeness (QED) is 0.479. The highest BCUT2D eigenvalue weighted by Crippen LogP contribution is 1.89. The largest absolute Gasteiger partial charge is 0.375 e. The molecule has 0 saturated heterocycles. The van der Waals surface area contributed by atoms with Crippen LogP contribution in [0.25, 0.3) is 0 Å². The first-order valence-corrected chi connectivity index (χ1v) is 2.30. The van der Waals surface area contributed by atoms with Crippen molar-refractivity contribution in [2.45, 2.75) is 13.8 Å². The summed E-state index contributed by atoms with van der Waals surface area (Å²) in [4.78, 5) is 0. The molecular weight excluding hydrogens is 88.1 g/mol. The molecule has 0 unspecified atom stereocenters. The molecule has 0 N–H and O–H groups in total. The molecule has 0 spiro atoms. The first kappa shape index (κ1) is 6.70. The fourth-order valence-corrected chi connectivity index (χ4v) is 0.244. The van der Waals surface area contributed by atoms with E-state index in [0.29, 0.717) is 6.61 Å². The second-order valence-corrected chi connectivity index (χ2v) is 1.48. The second kappa shape index (κ2) is 3.88. The van der Waals surface area contributed by atoms with Crippen LogP contribution in [0.15, 0.2) is 11.6 Å². The van der Waals surface area contributed by atoms with E-state index in [1.165, 1.54) is 5.57 Å². The Balaban J connectivity index is 3.17. The summed E-state index contributed by atoms with van der Waals surface area (Å²) in [5, 5.41) is 0. The highest BCUT2D eigenvalue weighted by atomic mass is 16.5. The summed E-state index contributed by atoms with van der Waals surface area (Å²) in [5.74, 6) is 0. The Morgan fingerprint density at radius 3 is 2.57 bits per heavy atom. The van der Waals surface area contributed by atoms with Gasteiger partial charge in [0.05, 0.1) is 13.7 Å². The van der Waals surface area contributed by atoms with Gasteiger partial charge in [-0.15, -0.1) is 0 Å². The highest BCUT2D eigenvalue weighted by Gasteiger charge is 1.79. The standard InChI is InChI=1S/C6H11O/c1-4-6(2)5-7-3/h4H,3,5H2,1-2H3/b6-4+. The van der Waals surface area contributed by atoms with E-state index in [2.05, 4.69) is 11.8 Å². The molecular formula is C6H11O. The van der Waals surface area contributed by atoms with Crippen molar-refractivity contribution in [2.75, 3.05) is 6.61 Å². The maximum Gasteiger partial charge on any atom is 0.0705 e. The van der Waals surface area contributed by atoms with Crippen LogP contribution in [0, 0.1) is 7.11 Å². The number of allylic oxidation sites excluding steroid dienone is 1. The molecule has 0 bridgehead atoms. The van der Waals surface area contributed by atoms with Gasteiger partial charge < -0.3 is 4.74 Å². The summed E-state index contributed by atoms with van der Waals surface area (Å²) in [7, 11) is 3.23. The van der Waals surface area contributed by atoms with Crippen LogP contribution in [-0.4, -0.2) is 6.61 Å². The van der Waals surface area contributed by atoms with Crippen LogP contribution < -0.4 is 0 Å². The van der Waals surface area contributed by atoms with Crippen LogP contribution in [0.4, 0.5) is 0 Å². The summed E-state index contributed by atoms with van der Waals surface area (Å²) in [6, 6.07) is 0. The van der Waals surface area contributed by atoms with Gasteiger partial charge in [-0.1, -0.05) is 11.6 Å². The zero-order chi connectivity index (χ0) is 5.70. The second-order valence-electron chi connectivity index (χ2n) is 1.48. The van der Waals surface area contributed by atoms with Crippen molar-refractivity contribution in [1.82, 2.24) is 0 Å². The van der Waals surface area contributed by atoms with Crippen LogP contribution in [0.3, 0.4) is 0 Å². The third-order valence-corrected chi connectivity index (χ3v) is 0.823. The molecule has 0 aliphatic carbocycles. The van der Waals surface area contributed by atoms with E-state index in [4.69, 9.17) is 0 Å². The van der Waals surface area contributed by atoms with Gasteiger partial charge in [0.25, 0.3) is 0 Å². The normalized spacial score (nSPS) is 12.1. The number of ether oxygens (including phenoxy) is 1. The number of hydrogen-bond acceptors (Lipinski definition) is 1. The lowest BCUT2D eigenvalue weighted by Crippen LogP contribution is -1.85. The molecule has 0 aliphatic heterocycles. The molecule has 0 aliphatic rings. The van der Waals surface area contributed by atoms with Gasteiger partial charge in [0.2, 0.25) is 0 Å². The van der Waals surface area contributed by atoms with Crippen molar-refractivity contribution in [1.29, 1.82) is 0 Å². The first-order chi connectivity index (χ1) is 3.31. The molecule has 41 valence electrons. The van der Waals surface area contributed by atoms with Crippen molar-refractivity contribution >= 4 is 0 Å². The topological polar surface area (TPSA) is 9.23 Å². The molecule has 1 heteroatoms. The van der Waals surface area contributed by atoms with Gasteiger partial charge in [0, 0.05) is 0 Å². The summed E-state index contributed by atoms with van der Waals surface area (Å²) in [6.45, 7) is 4.63. The summed E-state index contributed by atoms with van der Waals surface area (Å²) < 4.78 is 4.58. The molecule has 0 heterocycles. The average molecular weight is 99.2 g/mol. The Bertz CT molecular complexity index is 64.6. The van der Waals surface area contributed by atoms with Gasteiger partial charge in [0.1, 0.15) is 0 Å². The van der Waals surface area contributed by atoms with E-state index in [-0.39, 0.29) is 0 Å². The van der Waals surface area contributed by atoms with Crippen molar-refractivity contribution in [3.8, 4) is 0 Å². The van der Waals surface area contributed by atoms with E-state index in [1.807, 2.05) is 19.9 Å². The van der Waals surface area contributed by atoms with E-state index in [0.717, 1.165) is 0 Å². The molecule has 0 fully saturated rings. The van der Waals surface area contributed by atoms with Gasteiger partial charge in [-0.05, 0) is 13.8 Å². The molecule has 1 nitrogen and oxygen atoms in total. The molecule has 0 aromatic rings. The maximum absolute atomic E-state index is 4.58. The van der Waals surface area contributed by atoms with Crippen molar-refractivity contribution in [3.63, 3.8) is 0 Å². The summed E-state index contributed by atoms with van der Waals surface area (Å²) >= 11 is 0. The molecule has 0 aromatic carbocycles. The van der Waals surface area contributed by atoms with Crippen LogP contribution in [0.2, 0.25) is 0 Å². The van der Waals surface area contributed by atoms with Gasteiger partial charge in [-0.25, -0.2) is 0 Å². The predicted octanol–water partition coefficient (Wildman–Crippen LogP) is 1.76. The lowest BCUT2D eigenvalue weighted by molar-refractivity contribution is 0.272. The Kier molecular flexibility index (Phi) is 3.71. The van der Waals surface area contributed by atoms with Crippen LogP contribution in [0.1, 0.15) is 13.8 Å². The van der Waals surface area contributed by atoms with Crippen molar-refractivity contribution < 1.29 is 4.74 Å². The minimum absolute atomic E-state index is 0.649. The molecule has 0 amide bonds. The smallest absolute Gasteiger partial charge is 0.0705 e. The minimum atomic E-state index is 0.649. The summed E-state index contributed by atoms with van der Waals surface area (Å²) in [6.07, 6.45) is 2.01. The Morgan fingerprint density at radius 2 is 2.43 bits per heavy atom. The zero-order valence-electron chi connectivity index (χ0n) is 4.90. The third-order valence-electron chi connectivity index (χ3n) is 0.823. The Morgan fingerprint density at radius 1 is 1.86 bits per heavy atom. The summed E-state index contributed by atoms with van der Waals surface area (Å²) in [5.41, 5.74) is 1.22. The van der Waals surface area contributed by atoms with E-state index < -0.39 is 0 Å². The molecule has 0 atom stereocenters. The molecule has 7 heavy (non-hydrogen) atoms.